The van der Waals surface area contributed by atoms with Crippen molar-refractivity contribution < 1.29 is 9.90 Å². The number of amides is 1. The van der Waals surface area contributed by atoms with Gasteiger partial charge in [-0.2, -0.15) is 5.10 Å². The first-order valence-electron chi connectivity index (χ1n) is 6.68. The molecule has 0 aliphatic heterocycles. The van der Waals surface area contributed by atoms with Crippen LogP contribution in [-0.2, 0) is 6.54 Å². The van der Waals surface area contributed by atoms with Gasteiger partial charge < -0.3 is 10.4 Å². The predicted octanol–water partition coefficient (Wildman–Crippen LogP) is 2.26. The largest absolute Gasteiger partial charge is 0.395 e. The lowest BCUT2D eigenvalue weighted by molar-refractivity contribution is 0.103. The summed E-state index contributed by atoms with van der Waals surface area (Å²) in [5.74, 6) is 5.69. The van der Waals surface area contributed by atoms with Gasteiger partial charge in [0.05, 0.1) is 28.2 Å². The molecule has 2 aromatic heterocycles. The number of carbonyl (C=O) groups excluding carboxylic acids is 1. The molecule has 110 valence electrons. The number of nitrogens with zero attached hydrogens (tertiary/aromatic N) is 2. The number of aliphatic hydroxyl groups is 1. The van der Waals surface area contributed by atoms with Crippen LogP contribution in [0.2, 0.25) is 0 Å². The van der Waals surface area contributed by atoms with Crippen LogP contribution in [-0.4, -0.2) is 27.4 Å². The van der Waals surface area contributed by atoms with Gasteiger partial charge in [-0.15, -0.1) is 11.3 Å². The van der Waals surface area contributed by atoms with Crippen molar-refractivity contribution in [2.24, 2.45) is 0 Å². The third-order valence-electron chi connectivity index (χ3n) is 2.80. The summed E-state index contributed by atoms with van der Waals surface area (Å²) in [7, 11) is 0. The lowest BCUT2D eigenvalue weighted by Crippen LogP contribution is -2.09. The minimum Gasteiger partial charge on any atom is -0.395 e. The molecule has 0 aliphatic carbocycles. The Labute approximate surface area is 127 Å². The number of hydrogen-bond donors (Lipinski definition) is 2. The molecule has 1 amide bonds. The topological polar surface area (TPSA) is 67.2 Å². The lowest BCUT2D eigenvalue weighted by Gasteiger charge is -1.98. The molecule has 0 radical (unpaired) electrons. The first-order chi connectivity index (χ1) is 10.1. The van der Waals surface area contributed by atoms with Gasteiger partial charge in [0.1, 0.15) is 0 Å². The maximum Gasteiger partial charge on any atom is 0.265 e. The van der Waals surface area contributed by atoms with Gasteiger partial charge in [-0.3, -0.25) is 9.48 Å². The first kappa shape index (κ1) is 15.3. The Hall–Kier alpha value is -2.10. The molecule has 0 atom stereocenters. The maximum atomic E-state index is 12.2. The van der Waals surface area contributed by atoms with Gasteiger partial charge in [0.25, 0.3) is 5.91 Å². The summed E-state index contributed by atoms with van der Waals surface area (Å²) < 4.78 is 1.75. The van der Waals surface area contributed by atoms with Crippen molar-refractivity contribution in [3.05, 3.63) is 33.8 Å². The molecular formula is C15H17N3O2S. The Bertz CT molecular complexity index is 691. The molecule has 0 saturated heterocycles. The third kappa shape index (κ3) is 3.94. The van der Waals surface area contributed by atoms with E-state index in [1.54, 1.807) is 17.1 Å². The minimum atomic E-state index is -0.158. The van der Waals surface area contributed by atoms with Crippen molar-refractivity contribution in [2.75, 3.05) is 11.9 Å². The standard InChI is InChI=1S/C15H17N3O2S/c1-3-18-10-12(9-16-18)17-15(20)14-8-11(2)13(21-14)6-4-5-7-19/h8-10,19H,3,5,7H2,1-2H3,(H,17,20). The molecule has 21 heavy (non-hydrogen) atoms. The van der Waals surface area contributed by atoms with Crippen molar-refractivity contribution in [1.82, 2.24) is 9.78 Å². The lowest BCUT2D eigenvalue weighted by atomic mass is 10.2. The van der Waals surface area contributed by atoms with Crippen LogP contribution < -0.4 is 5.32 Å². The number of thiophene rings is 1. The van der Waals surface area contributed by atoms with Gasteiger partial charge in [-0.25, -0.2) is 0 Å². The van der Waals surface area contributed by atoms with E-state index in [4.69, 9.17) is 5.11 Å². The smallest absolute Gasteiger partial charge is 0.265 e. The molecule has 2 aromatic rings. The monoisotopic (exact) mass is 303 g/mol. The van der Waals surface area contributed by atoms with E-state index in [1.165, 1.54) is 11.3 Å². The van der Waals surface area contributed by atoms with Crippen LogP contribution in [0.15, 0.2) is 18.5 Å². The van der Waals surface area contributed by atoms with E-state index in [9.17, 15) is 4.79 Å². The van der Waals surface area contributed by atoms with Crippen molar-refractivity contribution in [3.8, 4) is 11.8 Å². The van der Waals surface area contributed by atoms with Crippen LogP contribution in [0.4, 0.5) is 5.69 Å². The molecule has 0 spiro atoms. The molecule has 5 nitrogen and oxygen atoms in total. The SMILES string of the molecule is CCn1cc(NC(=O)c2cc(C)c(C#CCCO)s2)cn1. The molecular weight excluding hydrogens is 286 g/mol. The fraction of sp³-hybridized carbons (Fsp3) is 0.333. The van der Waals surface area contributed by atoms with E-state index in [-0.39, 0.29) is 12.5 Å². The molecule has 0 saturated carbocycles. The van der Waals surface area contributed by atoms with E-state index >= 15 is 0 Å². The molecule has 0 fully saturated rings. The van der Waals surface area contributed by atoms with E-state index in [1.807, 2.05) is 19.9 Å². The van der Waals surface area contributed by atoms with E-state index in [0.29, 0.717) is 17.0 Å². The summed E-state index contributed by atoms with van der Waals surface area (Å²) in [4.78, 5) is 13.7. The average molecular weight is 303 g/mol. The highest BCUT2D eigenvalue weighted by Gasteiger charge is 2.12. The molecule has 2 rings (SSSR count). The van der Waals surface area contributed by atoms with Crippen molar-refractivity contribution >= 4 is 22.9 Å². The third-order valence-corrected chi connectivity index (χ3v) is 3.95. The number of aryl methyl sites for hydroxylation is 2. The fourth-order valence-corrected chi connectivity index (χ4v) is 2.65. The van der Waals surface area contributed by atoms with Crippen LogP contribution >= 0.6 is 11.3 Å². The van der Waals surface area contributed by atoms with Gasteiger partial charge in [0.2, 0.25) is 0 Å². The van der Waals surface area contributed by atoms with Crippen molar-refractivity contribution in [2.45, 2.75) is 26.8 Å². The number of rotatable bonds is 4. The van der Waals surface area contributed by atoms with E-state index in [2.05, 4.69) is 22.3 Å². The second kappa shape index (κ2) is 7.07. The van der Waals surface area contributed by atoms with Crippen LogP contribution in [0.1, 0.15) is 33.5 Å². The van der Waals surface area contributed by atoms with E-state index in [0.717, 1.165) is 17.0 Å². The van der Waals surface area contributed by atoms with Crippen LogP contribution in [0.5, 0.6) is 0 Å². The van der Waals surface area contributed by atoms with Crippen molar-refractivity contribution in [1.29, 1.82) is 0 Å². The summed E-state index contributed by atoms with van der Waals surface area (Å²) in [6, 6.07) is 1.83. The highest BCUT2D eigenvalue weighted by atomic mass is 32.1. The molecule has 0 aromatic carbocycles. The molecule has 2 N–H and O–H groups in total. The Morgan fingerprint density at radius 2 is 2.38 bits per heavy atom. The zero-order valence-electron chi connectivity index (χ0n) is 12.0. The number of carbonyl (C=O) groups is 1. The highest BCUT2D eigenvalue weighted by molar-refractivity contribution is 7.14. The minimum absolute atomic E-state index is 0.0478. The Kier molecular flexibility index (Phi) is 5.14. The normalized spacial score (nSPS) is 10.0. The van der Waals surface area contributed by atoms with Gasteiger partial charge in [0.15, 0.2) is 0 Å². The zero-order chi connectivity index (χ0) is 15.2. The quantitative estimate of drug-likeness (QED) is 0.851. The molecule has 6 heteroatoms. The van der Waals surface area contributed by atoms with Gasteiger partial charge in [-0.1, -0.05) is 11.8 Å². The molecule has 0 bridgehead atoms. The summed E-state index contributed by atoms with van der Waals surface area (Å²) in [5, 5.41) is 15.7. The first-order valence-corrected chi connectivity index (χ1v) is 7.49. The second-order valence-electron chi connectivity index (χ2n) is 4.44. The summed E-state index contributed by atoms with van der Waals surface area (Å²) in [6.45, 7) is 4.72. The van der Waals surface area contributed by atoms with Gasteiger partial charge in [0, 0.05) is 19.2 Å². The summed E-state index contributed by atoms with van der Waals surface area (Å²) in [5.41, 5.74) is 1.65. The Balaban J connectivity index is 2.09. The van der Waals surface area contributed by atoms with Gasteiger partial charge >= 0.3 is 0 Å². The number of aromatic nitrogens is 2. The van der Waals surface area contributed by atoms with Crippen LogP contribution in [0.3, 0.4) is 0 Å². The summed E-state index contributed by atoms with van der Waals surface area (Å²) >= 11 is 1.36. The maximum absolute atomic E-state index is 12.2. The van der Waals surface area contributed by atoms with Crippen molar-refractivity contribution in [3.63, 3.8) is 0 Å². The Morgan fingerprint density at radius 1 is 1.57 bits per heavy atom. The predicted molar refractivity (Wildman–Crippen MR) is 83.5 cm³/mol. The van der Waals surface area contributed by atoms with Gasteiger partial charge in [-0.05, 0) is 25.5 Å². The van der Waals surface area contributed by atoms with Crippen LogP contribution in [0.25, 0.3) is 0 Å². The Morgan fingerprint density at radius 3 is 3.05 bits per heavy atom. The second-order valence-corrected chi connectivity index (χ2v) is 5.49. The van der Waals surface area contributed by atoms with Crippen LogP contribution in [0, 0.1) is 18.8 Å². The number of aliphatic hydroxyl groups excluding tert-OH is 1. The number of hydrogen-bond acceptors (Lipinski definition) is 4. The zero-order valence-corrected chi connectivity index (χ0v) is 12.8. The summed E-state index contributed by atoms with van der Waals surface area (Å²) in [6.07, 6.45) is 3.86. The molecule has 0 unspecified atom stereocenters. The highest BCUT2D eigenvalue weighted by Crippen LogP contribution is 2.22. The average Bonchev–Trinajstić information content (AvgIpc) is 3.06. The molecule has 0 aliphatic rings. The van der Waals surface area contributed by atoms with E-state index < -0.39 is 0 Å². The molecule has 2 heterocycles. The number of nitrogens with one attached hydrogen (secondary N) is 1. The fourth-order valence-electron chi connectivity index (χ4n) is 1.71. The number of anilines is 1.